The van der Waals surface area contributed by atoms with Crippen LogP contribution in [0.2, 0.25) is 0 Å². The van der Waals surface area contributed by atoms with E-state index in [1.54, 1.807) is 0 Å². The van der Waals surface area contributed by atoms with Crippen molar-refractivity contribution in [2.75, 3.05) is 26.3 Å². The van der Waals surface area contributed by atoms with Crippen molar-refractivity contribution in [3.05, 3.63) is 35.4 Å². The molecule has 0 bridgehead atoms. The van der Waals surface area contributed by atoms with Crippen molar-refractivity contribution in [2.24, 2.45) is 0 Å². The van der Waals surface area contributed by atoms with Gasteiger partial charge in [-0.1, -0.05) is 31.2 Å². The molecular weight excluding hydrogens is 250 g/mol. The first-order chi connectivity index (χ1) is 9.51. The molecule has 3 heteroatoms. The predicted molar refractivity (Wildman–Crippen MR) is 84.1 cm³/mol. The largest absolute Gasteiger partial charge is 0.374 e. The maximum Gasteiger partial charge on any atom is 0.0718 e. The number of benzene rings is 1. The molecule has 0 heterocycles. The molecule has 0 aliphatic carbocycles. The topological polar surface area (TPSA) is 30.5 Å². The van der Waals surface area contributed by atoms with Crippen LogP contribution in [0.25, 0.3) is 0 Å². The van der Waals surface area contributed by atoms with Crippen molar-refractivity contribution < 1.29 is 9.47 Å². The molecule has 0 unspecified atom stereocenters. The Kier molecular flexibility index (Phi) is 7.82. The molecule has 1 N–H and O–H groups in total. The van der Waals surface area contributed by atoms with Crippen molar-refractivity contribution in [3.8, 4) is 0 Å². The van der Waals surface area contributed by atoms with Crippen LogP contribution in [0.1, 0.15) is 38.8 Å². The standard InChI is InChI=1S/C17H29NO2/c1-5-18-11-10-15-6-8-16(9-7-15)14-19-12-13-20-17(2,3)4/h6-9,18H,5,10-14H2,1-4H3. The molecule has 0 amide bonds. The van der Waals surface area contributed by atoms with E-state index in [4.69, 9.17) is 9.47 Å². The van der Waals surface area contributed by atoms with Crippen LogP contribution in [-0.4, -0.2) is 31.9 Å². The number of ether oxygens (including phenoxy) is 2. The van der Waals surface area contributed by atoms with E-state index in [2.05, 4.69) is 57.3 Å². The van der Waals surface area contributed by atoms with E-state index >= 15 is 0 Å². The maximum absolute atomic E-state index is 5.62. The molecule has 0 spiro atoms. The highest BCUT2D eigenvalue weighted by Gasteiger charge is 2.08. The summed E-state index contributed by atoms with van der Waals surface area (Å²) in [6, 6.07) is 8.65. The second-order valence-electron chi connectivity index (χ2n) is 5.93. The minimum absolute atomic E-state index is 0.0858. The van der Waals surface area contributed by atoms with Crippen molar-refractivity contribution >= 4 is 0 Å². The molecule has 0 aromatic heterocycles. The summed E-state index contributed by atoms with van der Waals surface area (Å²) in [7, 11) is 0. The first kappa shape index (κ1) is 17.2. The first-order valence-corrected chi connectivity index (χ1v) is 7.51. The van der Waals surface area contributed by atoms with Gasteiger partial charge in [-0.2, -0.15) is 0 Å². The van der Waals surface area contributed by atoms with E-state index in [1.165, 1.54) is 11.1 Å². The Morgan fingerprint density at radius 2 is 1.65 bits per heavy atom. The normalized spacial score (nSPS) is 11.8. The third kappa shape index (κ3) is 8.31. The second-order valence-corrected chi connectivity index (χ2v) is 5.93. The smallest absolute Gasteiger partial charge is 0.0718 e. The average molecular weight is 279 g/mol. The summed E-state index contributed by atoms with van der Waals surface area (Å²) < 4.78 is 11.2. The zero-order valence-corrected chi connectivity index (χ0v) is 13.4. The van der Waals surface area contributed by atoms with Crippen LogP contribution in [0, 0.1) is 0 Å². The second kappa shape index (κ2) is 9.11. The summed E-state index contributed by atoms with van der Waals surface area (Å²) in [5.74, 6) is 0. The fourth-order valence-electron chi connectivity index (χ4n) is 1.81. The van der Waals surface area contributed by atoms with Crippen molar-refractivity contribution in [3.63, 3.8) is 0 Å². The fraction of sp³-hybridized carbons (Fsp3) is 0.647. The number of hydrogen-bond acceptors (Lipinski definition) is 3. The monoisotopic (exact) mass is 279 g/mol. The molecule has 0 fully saturated rings. The van der Waals surface area contributed by atoms with Crippen LogP contribution < -0.4 is 5.32 Å². The van der Waals surface area contributed by atoms with Crippen molar-refractivity contribution in [1.29, 1.82) is 0 Å². The van der Waals surface area contributed by atoms with Gasteiger partial charge in [0.1, 0.15) is 0 Å². The molecule has 1 aromatic rings. The van der Waals surface area contributed by atoms with E-state index in [1.807, 2.05) is 0 Å². The van der Waals surface area contributed by atoms with E-state index in [0.717, 1.165) is 19.5 Å². The van der Waals surface area contributed by atoms with Gasteiger partial charge in [0.05, 0.1) is 25.4 Å². The SMILES string of the molecule is CCNCCc1ccc(COCCOC(C)(C)C)cc1. The fourth-order valence-corrected chi connectivity index (χ4v) is 1.81. The molecule has 1 aromatic carbocycles. The molecule has 0 saturated carbocycles. The van der Waals surface area contributed by atoms with E-state index in [9.17, 15) is 0 Å². The van der Waals surface area contributed by atoms with Gasteiger partial charge in [0.2, 0.25) is 0 Å². The number of likely N-dealkylation sites (N-methyl/N-ethyl adjacent to an activating group) is 1. The van der Waals surface area contributed by atoms with Crippen LogP contribution in [0.15, 0.2) is 24.3 Å². The van der Waals surface area contributed by atoms with E-state index in [0.29, 0.717) is 19.8 Å². The van der Waals surface area contributed by atoms with Gasteiger partial charge in [-0.25, -0.2) is 0 Å². The van der Waals surface area contributed by atoms with Crippen LogP contribution >= 0.6 is 0 Å². The van der Waals surface area contributed by atoms with Crippen LogP contribution in [-0.2, 0) is 22.5 Å². The maximum atomic E-state index is 5.62. The molecule has 3 nitrogen and oxygen atoms in total. The van der Waals surface area contributed by atoms with Crippen molar-refractivity contribution in [2.45, 2.75) is 46.3 Å². The van der Waals surface area contributed by atoms with Gasteiger partial charge in [-0.15, -0.1) is 0 Å². The predicted octanol–water partition coefficient (Wildman–Crippen LogP) is 3.17. The number of hydrogen-bond donors (Lipinski definition) is 1. The highest BCUT2D eigenvalue weighted by atomic mass is 16.5. The molecule has 0 aliphatic rings. The lowest BCUT2D eigenvalue weighted by Gasteiger charge is -2.19. The van der Waals surface area contributed by atoms with Gasteiger partial charge in [0.15, 0.2) is 0 Å². The summed E-state index contributed by atoms with van der Waals surface area (Å²) in [6.07, 6.45) is 1.08. The lowest BCUT2D eigenvalue weighted by atomic mass is 10.1. The number of nitrogens with one attached hydrogen (secondary N) is 1. The average Bonchev–Trinajstić information content (AvgIpc) is 2.39. The molecule has 0 saturated heterocycles. The first-order valence-electron chi connectivity index (χ1n) is 7.51. The summed E-state index contributed by atoms with van der Waals surface area (Å²) in [5, 5.41) is 3.33. The quantitative estimate of drug-likeness (QED) is 0.704. The summed E-state index contributed by atoms with van der Waals surface area (Å²) in [4.78, 5) is 0. The van der Waals surface area contributed by atoms with Gasteiger partial charge in [-0.3, -0.25) is 0 Å². The third-order valence-electron chi connectivity index (χ3n) is 2.89. The Hall–Kier alpha value is -0.900. The Morgan fingerprint density at radius 3 is 2.25 bits per heavy atom. The van der Waals surface area contributed by atoms with E-state index < -0.39 is 0 Å². The Bertz CT molecular complexity index is 354. The lowest BCUT2D eigenvalue weighted by molar-refractivity contribution is -0.0376. The zero-order chi connectivity index (χ0) is 14.8. The Balaban J connectivity index is 2.18. The Labute approximate surface area is 123 Å². The Morgan fingerprint density at radius 1 is 1.00 bits per heavy atom. The van der Waals surface area contributed by atoms with Gasteiger partial charge >= 0.3 is 0 Å². The third-order valence-corrected chi connectivity index (χ3v) is 2.89. The van der Waals surface area contributed by atoms with Gasteiger partial charge in [0, 0.05) is 0 Å². The van der Waals surface area contributed by atoms with Gasteiger partial charge in [0.25, 0.3) is 0 Å². The molecule has 0 radical (unpaired) electrons. The van der Waals surface area contributed by atoms with Gasteiger partial charge < -0.3 is 14.8 Å². The number of rotatable bonds is 9. The lowest BCUT2D eigenvalue weighted by Crippen LogP contribution is -2.21. The summed E-state index contributed by atoms with van der Waals surface area (Å²) in [5.41, 5.74) is 2.50. The van der Waals surface area contributed by atoms with E-state index in [-0.39, 0.29) is 5.60 Å². The molecule has 20 heavy (non-hydrogen) atoms. The highest BCUT2D eigenvalue weighted by molar-refractivity contribution is 5.22. The highest BCUT2D eigenvalue weighted by Crippen LogP contribution is 2.08. The molecular formula is C17H29NO2. The molecule has 114 valence electrons. The van der Waals surface area contributed by atoms with Crippen molar-refractivity contribution in [1.82, 2.24) is 5.32 Å². The minimum Gasteiger partial charge on any atom is -0.374 e. The van der Waals surface area contributed by atoms with Crippen LogP contribution in [0.4, 0.5) is 0 Å². The summed E-state index contributed by atoms with van der Waals surface area (Å²) >= 11 is 0. The van der Waals surface area contributed by atoms with Gasteiger partial charge in [-0.05, 0) is 51.4 Å². The summed E-state index contributed by atoms with van der Waals surface area (Å²) in [6.45, 7) is 12.3. The molecule has 0 aliphatic heterocycles. The molecule has 1 rings (SSSR count). The minimum atomic E-state index is -0.0858. The zero-order valence-electron chi connectivity index (χ0n) is 13.4. The van der Waals surface area contributed by atoms with Crippen LogP contribution in [0.3, 0.4) is 0 Å². The van der Waals surface area contributed by atoms with Crippen LogP contribution in [0.5, 0.6) is 0 Å². The molecule has 0 atom stereocenters.